The molecule has 20 heavy (non-hydrogen) atoms. The van der Waals surface area contributed by atoms with Gasteiger partial charge in [-0.05, 0) is 12.1 Å². The van der Waals surface area contributed by atoms with Crippen LogP contribution in [0.2, 0.25) is 0 Å². The molecule has 1 aromatic heterocycles. The van der Waals surface area contributed by atoms with Gasteiger partial charge in [0.2, 0.25) is 0 Å². The van der Waals surface area contributed by atoms with Crippen LogP contribution >= 0.6 is 0 Å². The monoisotopic (exact) mass is 274 g/mol. The SMILES string of the molecule is O=c1ccn(Cc2ccc(C#CCO)cc2F)c(=O)[nH]1. The minimum atomic E-state index is -0.596. The molecule has 0 spiro atoms. The van der Waals surface area contributed by atoms with E-state index in [1.165, 1.54) is 29.0 Å². The van der Waals surface area contributed by atoms with Crippen LogP contribution in [0.25, 0.3) is 0 Å². The second kappa shape index (κ2) is 5.99. The molecule has 0 unspecified atom stereocenters. The summed E-state index contributed by atoms with van der Waals surface area (Å²) in [5.41, 5.74) is -0.356. The van der Waals surface area contributed by atoms with Gasteiger partial charge in [-0.1, -0.05) is 17.9 Å². The van der Waals surface area contributed by atoms with E-state index in [1.807, 2.05) is 0 Å². The Hall–Kier alpha value is -2.65. The molecule has 102 valence electrons. The summed E-state index contributed by atoms with van der Waals surface area (Å²) in [6.07, 6.45) is 1.31. The molecular weight excluding hydrogens is 263 g/mol. The fourth-order valence-electron chi connectivity index (χ4n) is 1.65. The number of nitrogens with one attached hydrogen (secondary N) is 1. The van der Waals surface area contributed by atoms with Crippen molar-refractivity contribution in [2.24, 2.45) is 0 Å². The smallest absolute Gasteiger partial charge is 0.328 e. The van der Waals surface area contributed by atoms with Crippen LogP contribution < -0.4 is 11.2 Å². The summed E-state index contributed by atoms with van der Waals surface area (Å²) in [6, 6.07) is 5.53. The topological polar surface area (TPSA) is 75.1 Å². The van der Waals surface area contributed by atoms with Crippen molar-refractivity contribution in [2.45, 2.75) is 6.54 Å². The normalized spacial score (nSPS) is 9.90. The highest BCUT2D eigenvalue weighted by Crippen LogP contribution is 2.10. The van der Waals surface area contributed by atoms with Crippen molar-refractivity contribution >= 4 is 0 Å². The number of hydrogen-bond donors (Lipinski definition) is 2. The number of aromatic amines is 1. The van der Waals surface area contributed by atoms with Gasteiger partial charge in [0.15, 0.2) is 0 Å². The molecule has 0 aliphatic heterocycles. The number of halogens is 1. The van der Waals surface area contributed by atoms with Gasteiger partial charge in [0.25, 0.3) is 5.56 Å². The highest BCUT2D eigenvalue weighted by atomic mass is 19.1. The van der Waals surface area contributed by atoms with Crippen molar-refractivity contribution in [3.8, 4) is 11.8 Å². The lowest BCUT2D eigenvalue weighted by Crippen LogP contribution is -2.29. The van der Waals surface area contributed by atoms with E-state index in [2.05, 4.69) is 16.8 Å². The lowest BCUT2D eigenvalue weighted by Gasteiger charge is -2.06. The van der Waals surface area contributed by atoms with Crippen LogP contribution in [0.4, 0.5) is 4.39 Å². The van der Waals surface area contributed by atoms with Crippen molar-refractivity contribution in [1.29, 1.82) is 0 Å². The second-order valence-electron chi connectivity index (χ2n) is 4.00. The van der Waals surface area contributed by atoms with Gasteiger partial charge in [-0.3, -0.25) is 14.3 Å². The molecular formula is C14H11FN2O3. The summed E-state index contributed by atoms with van der Waals surface area (Å²) in [7, 11) is 0. The molecule has 0 aliphatic rings. The molecule has 2 aromatic rings. The van der Waals surface area contributed by atoms with Crippen LogP contribution in [0.5, 0.6) is 0 Å². The molecule has 0 aliphatic carbocycles. The molecule has 0 amide bonds. The molecule has 0 fully saturated rings. The lowest BCUT2D eigenvalue weighted by molar-refractivity contribution is 0.350. The third-order valence-electron chi connectivity index (χ3n) is 2.60. The van der Waals surface area contributed by atoms with E-state index in [0.29, 0.717) is 11.1 Å². The zero-order valence-electron chi connectivity index (χ0n) is 10.4. The maximum absolute atomic E-state index is 13.9. The molecule has 0 saturated heterocycles. The summed E-state index contributed by atoms with van der Waals surface area (Å²) < 4.78 is 15.0. The summed E-state index contributed by atoms with van der Waals surface area (Å²) in [5.74, 6) is 4.50. The quantitative estimate of drug-likeness (QED) is 0.761. The number of rotatable bonds is 2. The number of H-pyrrole nitrogens is 1. The fourth-order valence-corrected chi connectivity index (χ4v) is 1.65. The first kappa shape index (κ1) is 13.8. The van der Waals surface area contributed by atoms with Gasteiger partial charge in [-0.15, -0.1) is 0 Å². The van der Waals surface area contributed by atoms with Crippen LogP contribution in [0.3, 0.4) is 0 Å². The number of aromatic nitrogens is 2. The van der Waals surface area contributed by atoms with E-state index in [9.17, 15) is 14.0 Å². The molecule has 2 N–H and O–H groups in total. The fraction of sp³-hybridized carbons (Fsp3) is 0.143. The second-order valence-corrected chi connectivity index (χ2v) is 4.00. The summed E-state index contributed by atoms with van der Waals surface area (Å²) in [5, 5.41) is 8.56. The molecule has 0 atom stereocenters. The number of hydrogen-bond acceptors (Lipinski definition) is 3. The van der Waals surface area contributed by atoms with Crippen molar-refractivity contribution in [3.63, 3.8) is 0 Å². The van der Waals surface area contributed by atoms with E-state index in [0.717, 1.165) is 0 Å². The molecule has 0 bridgehead atoms. The van der Waals surface area contributed by atoms with Gasteiger partial charge in [0.1, 0.15) is 12.4 Å². The minimum Gasteiger partial charge on any atom is -0.384 e. The van der Waals surface area contributed by atoms with Crippen LogP contribution in [-0.2, 0) is 6.54 Å². The van der Waals surface area contributed by atoms with Gasteiger partial charge in [-0.2, -0.15) is 0 Å². The van der Waals surface area contributed by atoms with Crippen molar-refractivity contribution in [1.82, 2.24) is 9.55 Å². The maximum Gasteiger partial charge on any atom is 0.328 e. The van der Waals surface area contributed by atoms with E-state index in [1.54, 1.807) is 6.07 Å². The number of aliphatic hydroxyl groups excluding tert-OH is 1. The summed E-state index contributed by atoms with van der Waals surface area (Å²) >= 11 is 0. The van der Waals surface area contributed by atoms with Crippen LogP contribution in [-0.4, -0.2) is 21.3 Å². The van der Waals surface area contributed by atoms with Gasteiger partial charge < -0.3 is 5.11 Å². The van der Waals surface area contributed by atoms with Gasteiger partial charge in [0, 0.05) is 23.4 Å². The first-order chi connectivity index (χ1) is 9.60. The predicted octanol–water partition coefficient (Wildman–Crippen LogP) is 0.0678. The van der Waals surface area contributed by atoms with Crippen LogP contribution in [0, 0.1) is 17.7 Å². The first-order valence-corrected chi connectivity index (χ1v) is 5.78. The van der Waals surface area contributed by atoms with E-state index >= 15 is 0 Å². The Balaban J connectivity index is 2.30. The Morgan fingerprint density at radius 3 is 2.75 bits per heavy atom. The molecule has 2 rings (SSSR count). The minimum absolute atomic E-state index is 0.00908. The lowest BCUT2D eigenvalue weighted by atomic mass is 10.1. The zero-order chi connectivity index (χ0) is 14.5. The predicted molar refractivity (Wildman–Crippen MR) is 70.8 cm³/mol. The Morgan fingerprint density at radius 2 is 2.10 bits per heavy atom. The molecule has 0 saturated carbocycles. The van der Waals surface area contributed by atoms with Crippen LogP contribution in [0.1, 0.15) is 11.1 Å². The van der Waals surface area contributed by atoms with Crippen molar-refractivity contribution in [2.75, 3.05) is 6.61 Å². The Bertz CT molecular complexity index is 796. The average molecular weight is 274 g/mol. The third kappa shape index (κ3) is 3.22. The third-order valence-corrected chi connectivity index (χ3v) is 2.60. The number of benzene rings is 1. The van der Waals surface area contributed by atoms with E-state index < -0.39 is 17.1 Å². The largest absolute Gasteiger partial charge is 0.384 e. The molecule has 5 nitrogen and oxygen atoms in total. The molecule has 0 radical (unpaired) electrons. The summed E-state index contributed by atoms with van der Waals surface area (Å²) in [4.78, 5) is 24.5. The average Bonchev–Trinajstić information content (AvgIpc) is 2.42. The molecule has 1 heterocycles. The van der Waals surface area contributed by atoms with Crippen molar-refractivity contribution in [3.05, 3.63) is 68.2 Å². The molecule has 1 aromatic carbocycles. The van der Waals surface area contributed by atoms with Crippen LogP contribution in [0.15, 0.2) is 40.1 Å². The number of aliphatic hydroxyl groups is 1. The molecule has 6 heteroatoms. The Kier molecular flexibility index (Phi) is 4.13. The van der Waals surface area contributed by atoms with Crippen molar-refractivity contribution < 1.29 is 9.50 Å². The van der Waals surface area contributed by atoms with Gasteiger partial charge in [-0.25, -0.2) is 9.18 Å². The number of nitrogens with zero attached hydrogens (tertiary/aromatic N) is 1. The summed E-state index contributed by atoms with van der Waals surface area (Å²) in [6.45, 7) is -0.286. The van der Waals surface area contributed by atoms with E-state index in [-0.39, 0.29) is 13.2 Å². The Morgan fingerprint density at radius 1 is 1.30 bits per heavy atom. The highest BCUT2D eigenvalue weighted by molar-refractivity contribution is 5.37. The maximum atomic E-state index is 13.9. The van der Waals surface area contributed by atoms with Gasteiger partial charge in [0.05, 0.1) is 6.54 Å². The zero-order valence-corrected chi connectivity index (χ0v) is 10.4. The van der Waals surface area contributed by atoms with E-state index in [4.69, 9.17) is 5.11 Å². The van der Waals surface area contributed by atoms with Gasteiger partial charge >= 0.3 is 5.69 Å². The standard InChI is InChI=1S/C14H11FN2O3/c15-12-8-10(2-1-7-18)3-4-11(12)9-17-6-5-13(19)16-14(17)20/h3-6,8,18H,7,9H2,(H,16,19,20). The highest BCUT2D eigenvalue weighted by Gasteiger charge is 2.05. The first-order valence-electron chi connectivity index (χ1n) is 5.78. The Labute approximate surface area is 113 Å².